The van der Waals surface area contributed by atoms with Gasteiger partial charge in [-0.3, -0.25) is 24.0 Å². The Balaban J connectivity index is 1.18. The number of carboxylic acid groups (broad SMARTS) is 1. The van der Waals surface area contributed by atoms with Crippen LogP contribution in [0.25, 0.3) is 0 Å². The fraction of sp³-hybridized carbons (Fsp3) is 0.457. The summed E-state index contributed by atoms with van der Waals surface area (Å²) in [6.45, 7) is 11.8. The summed E-state index contributed by atoms with van der Waals surface area (Å²) in [6.07, 6.45) is 11.7. The molecule has 3 aromatic rings. The van der Waals surface area contributed by atoms with E-state index in [4.69, 9.17) is 24.1 Å². The highest BCUT2D eigenvalue weighted by atomic mass is 32.2. The molecule has 354 valence electrons. The summed E-state index contributed by atoms with van der Waals surface area (Å²) in [5, 5.41) is 19.9. The van der Waals surface area contributed by atoms with Crippen LogP contribution in [0, 0.1) is 10.1 Å². The van der Waals surface area contributed by atoms with Crippen molar-refractivity contribution in [2.45, 2.75) is 86.6 Å². The number of nitrogens with zero attached hydrogens (tertiary/aromatic N) is 3. The molecule has 0 saturated heterocycles. The number of hydrogen-bond donors (Lipinski definition) is 3. The van der Waals surface area contributed by atoms with E-state index in [2.05, 4.69) is 9.80 Å². The lowest BCUT2D eigenvalue weighted by molar-refractivity contribution is -0.384. The van der Waals surface area contributed by atoms with Gasteiger partial charge in [0.1, 0.15) is 0 Å². The van der Waals surface area contributed by atoms with E-state index in [9.17, 15) is 40.8 Å². The number of benzene rings is 3. The van der Waals surface area contributed by atoms with Crippen LogP contribution in [-0.4, -0.2) is 107 Å². The van der Waals surface area contributed by atoms with Crippen molar-refractivity contribution in [2.24, 2.45) is 0 Å². The predicted molar refractivity (Wildman–Crippen MR) is 245 cm³/mol. The number of anilines is 2. The Hall–Kier alpha value is -4.99. The molecule has 0 spiro atoms. The Morgan fingerprint density at radius 3 is 1.88 bits per heavy atom. The molecular formula is C46H59N3O14S2. The van der Waals surface area contributed by atoms with E-state index in [0.29, 0.717) is 85.2 Å². The molecule has 0 aliphatic carbocycles. The monoisotopic (exact) mass is 941 g/mol. The number of carboxylic acids is 1. The molecule has 1 unspecified atom stereocenters. The third-order valence-corrected chi connectivity index (χ3v) is 13.3. The predicted octanol–water partition coefficient (Wildman–Crippen LogP) is 7.26. The Labute approximate surface area is 381 Å². The first-order chi connectivity index (χ1) is 30.7. The van der Waals surface area contributed by atoms with E-state index >= 15 is 0 Å². The van der Waals surface area contributed by atoms with Crippen molar-refractivity contribution < 1.29 is 59.7 Å². The molecular weight excluding hydrogens is 883 g/mol. The van der Waals surface area contributed by atoms with Crippen molar-refractivity contribution in [3.63, 3.8) is 0 Å². The molecule has 1 atom stereocenters. The van der Waals surface area contributed by atoms with Gasteiger partial charge < -0.3 is 33.9 Å². The SMILES string of the molecule is CC1(C)\C(=C/C=C/C=C/C2N(CCOCCOCCOCCOCc3ccc([N+](=O)[O-])cc3)c3ccc(S(=O)(=O)O)cc3C2(C)C)N(CCCCCC(=O)O)c2ccc(S(=O)(=O)O)cc21. The van der Waals surface area contributed by atoms with Crippen molar-refractivity contribution >= 4 is 43.3 Å². The smallest absolute Gasteiger partial charge is 0.303 e. The average Bonchev–Trinajstić information content (AvgIpc) is 3.58. The van der Waals surface area contributed by atoms with Crippen LogP contribution in [0.2, 0.25) is 0 Å². The highest BCUT2D eigenvalue weighted by Crippen LogP contribution is 2.49. The number of non-ortho nitro benzene ring substituents is 1. The molecule has 2 heterocycles. The fourth-order valence-corrected chi connectivity index (χ4v) is 9.14. The third kappa shape index (κ3) is 13.5. The van der Waals surface area contributed by atoms with Gasteiger partial charge in [-0.15, -0.1) is 0 Å². The lowest BCUT2D eigenvalue weighted by Gasteiger charge is -2.32. The van der Waals surface area contributed by atoms with Gasteiger partial charge in [0, 0.05) is 59.5 Å². The topological polar surface area (TPSA) is 233 Å². The number of allylic oxidation sites excluding steroid dienone is 5. The van der Waals surface area contributed by atoms with Crippen molar-refractivity contribution in [1.29, 1.82) is 0 Å². The minimum Gasteiger partial charge on any atom is -0.481 e. The molecule has 65 heavy (non-hydrogen) atoms. The Kier molecular flexibility index (Phi) is 17.6. The molecule has 0 radical (unpaired) electrons. The summed E-state index contributed by atoms with van der Waals surface area (Å²) in [5.41, 5.74) is 3.62. The number of unbranched alkanes of at least 4 members (excludes halogenated alkanes) is 2. The molecule has 2 aliphatic heterocycles. The normalized spacial score (nSPS) is 17.4. The number of hydrogen-bond acceptors (Lipinski definition) is 13. The van der Waals surface area contributed by atoms with Crippen molar-refractivity contribution in [2.75, 3.05) is 69.1 Å². The minimum absolute atomic E-state index is 0.0260. The van der Waals surface area contributed by atoms with E-state index < -0.39 is 42.0 Å². The van der Waals surface area contributed by atoms with Gasteiger partial charge in [0.2, 0.25) is 0 Å². The van der Waals surface area contributed by atoms with E-state index in [1.165, 1.54) is 36.4 Å². The minimum atomic E-state index is -4.45. The van der Waals surface area contributed by atoms with Gasteiger partial charge >= 0.3 is 5.97 Å². The van der Waals surface area contributed by atoms with Crippen LogP contribution in [0.15, 0.2) is 107 Å². The van der Waals surface area contributed by atoms with Crippen LogP contribution in [0.5, 0.6) is 0 Å². The molecule has 0 fully saturated rings. The molecule has 17 nitrogen and oxygen atoms in total. The maximum Gasteiger partial charge on any atom is 0.303 e. The lowest BCUT2D eigenvalue weighted by Crippen LogP contribution is -2.41. The van der Waals surface area contributed by atoms with Gasteiger partial charge in [-0.05, 0) is 84.1 Å². The van der Waals surface area contributed by atoms with Crippen molar-refractivity contribution in [1.82, 2.24) is 0 Å². The zero-order valence-corrected chi connectivity index (χ0v) is 38.8. The molecule has 0 aromatic heterocycles. The number of carbonyl (C=O) groups is 1. The number of fused-ring (bicyclic) bond motifs is 2. The molecule has 0 saturated carbocycles. The van der Waals surface area contributed by atoms with Gasteiger partial charge in [0.05, 0.1) is 73.6 Å². The second kappa shape index (κ2) is 22.5. The number of rotatable bonds is 26. The van der Waals surface area contributed by atoms with E-state index in [1.807, 2.05) is 58.1 Å². The highest BCUT2D eigenvalue weighted by Gasteiger charge is 2.44. The zero-order valence-electron chi connectivity index (χ0n) is 37.1. The van der Waals surface area contributed by atoms with Gasteiger partial charge in [-0.1, -0.05) is 58.4 Å². The zero-order chi connectivity index (χ0) is 47.4. The van der Waals surface area contributed by atoms with Gasteiger partial charge in [0.25, 0.3) is 25.9 Å². The number of nitro groups is 1. The molecule has 19 heteroatoms. The molecule has 2 aliphatic rings. The van der Waals surface area contributed by atoms with Crippen LogP contribution >= 0.6 is 0 Å². The van der Waals surface area contributed by atoms with Gasteiger partial charge in [0.15, 0.2) is 0 Å². The molecule has 5 rings (SSSR count). The summed E-state index contributed by atoms with van der Waals surface area (Å²) in [6, 6.07) is 15.1. The summed E-state index contributed by atoms with van der Waals surface area (Å²) in [5.74, 6) is -0.848. The second-order valence-electron chi connectivity index (χ2n) is 16.8. The largest absolute Gasteiger partial charge is 0.481 e. The molecule has 0 bridgehead atoms. The maximum atomic E-state index is 12.1. The molecule has 0 amide bonds. The first-order valence-corrected chi connectivity index (χ1v) is 24.2. The number of ether oxygens (including phenoxy) is 4. The maximum absolute atomic E-state index is 12.1. The van der Waals surface area contributed by atoms with Crippen molar-refractivity contribution in [3.05, 3.63) is 124 Å². The fourth-order valence-electron chi connectivity index (χ4n) is 8.13. The average molecular weight is 942 g/mol. The number of aliphatic carboxylic acids is 1. The summed E-state index contributed by atoms with van der Waals surface area (Å²) in [4.78, 5) is 25.3. The number of nitro benzene ring substituents is 1. The Morgan fingerprint density at radius 1 is 0.723 bits per heavy atom. The molecule has 3 N–H and O–H groups in total. The van der Waals surface area contributed by atoms with E-state index in [-0.39, 0.29) is 27.9 Å². The van der Waals surface area contributed by atoms with Crippen LogP contribution in [-0.2, 0) is 61.4 Å². The first-order valence-electron chi connectivity index (χ1n) is 21.3. The van der Waals surface area contributed by atoms with Crippen LogP contribution in [0.3, 0.4) is 0 Å². The second-order valence-corrected chi connectivity index (χ2v) is 19.6. The van der Waals surface area contributed by atoms with Crippen LogP contribution < -0.4 is 9.80 Å². The van der Waals surface area contributed by atoms with E-state index in [1.54, 1.807) is 24.3 Å². The third-order valence-electron chi connectivity index (χ3n) is 11.6. The first kappa shape index (κ1) is 51.0. The lowest BCUT2D eigenvalue weighted by atomic mass is 9.80. The molecule has 3 aromatic carbocycles. The standard InChI is InChI=1S/C46H59N3O14S2/c1-45(2)38-31-36(64(54,55)56)18-20-40(38)47(22-10-6-9-13-44(50)51)42(45)11-7-5-8-12-43-46(3,4)39-32-37(65(57,58)59)19-21-41(39)48(43)23-24-60-25-26-61-27-28-62-29-30-63-33-34-14-16-35(17-15-34)49(52)53/h5,7-8,11-12,14-21,31-32,43H,6,9-10,13,22-30,33H2,1-4H3,(H,50,51)(H,54,55,56)(H,57,58,59)/b7-5+,12-8+,42-11+. The van der Waals surface area contributed by atoms with Crippen LogP contribution in [0.4, 0.5) is 17.1 Å². The van der Waals surface area contributed by atoms with Gasteiger partial charge in [-0.25, -0.2) is 0 Å². The van der Waals surface area contributed by atoms with E-state index in [0.717, 1.165) is 33.8 Å². The Bertz CT molecular complexity index is 2450. The highest BCUT2D eigenvalue weighted by molar-refractivity contribution is 7.86. The summed E-state index contributed by atoms with van der Waals surface area (Å²) >= 11 is 0. The summed E-state index contributed by atoms with van der Waals surface area (Å²) < 4.78 is 90.7. The van der Waals surface area contributed by atoms with Gasteiger partial charge in [-0.2, -0.15) is 16.8 Å². The van der Waals surface area contributed by atoms with Crippen LogP contribution in [0.1, 0.15) is 70.1 Å². The van der Waals surface area contributed by atoms with Crippen molar-refractivity contribution in [3.8, 4) is 0 Å². The summed E-state index contributed by atoms with van der Waals surface area (Å²) in [7, 11) is -8.88. The Morgan fingerprint density at radius 2 is 1.29 bits per heavy atom. The quantitative estimate of drug-likeness (QED) is 0.0236.